The van der Waals surface area contributed by atoms with Gasteiger partial charge in [0.05, 0.1) is 0 Å². The Bertz CT molecular complexity index is 557. The summed E-state index contributed by atoms with van der Waals surface area (Å²) in [5.41, 5.74) is 1.23. The van der Waals surface area contributed by atoms with Crippen LogP contribution in [0.1, 0.15) is 12.0 Å². The van der Waals surface area contributed by atoms with Crippen LogP contribution < -0.4 is 5.56 Å². The van der Waals surface area contributed by atoms with Crippen LogP contribution in [-0.2, 0) is 6.42 Å². The van der Waals surface area contributed by atoms with Crippen LogP contribution in [0.15, 0.2) is 35.3 Å². The summed E-state index contributed by atoms with van der Waals surface area (Å²) in [5.74, 6) is 0. The summed E-state index contributed by atoms with van der Waals surface area (Å²) in [6, 6.07) is 8.07. The second-order valence-electron chi connectivity index (χ2n) is 4.64. The Morgan fingerprint density at radius 2 is 2.06 bits per heavy atom. The van der Waals surface area contributed by atoms with Crippen LogP contribution in [0.25, 0.3) is 10.8 Å². The van der Waals surface area contributed by atoms with E-state index in [1.54, 1.807) is 6.20 Å². The third kappa shape index (κ3) is 2.94. The number of nitrogens with zero attached hydrogens (tertiary/aromatic N) is 1. The molecule has 0 fully saturated rings. The Balaban J connectivity index is 2.20. The normalized spacial score (nSPS) is 11.2. The number of H-pyrrole nitrogens is 1. The number of aryl methyl sites for hydroxylation is 1. The zero-order chi connectivity index (χ0) is 12.3. The first-order valence-corrected chi connectivity index (χ1v) is 5.92. The molecule has 2 rings (SSSR count). The van der Waals surface area contributed by atoms with E-state index >= 15 is 0 Å². The van der Waals surface area contributed by atoms with Gasteiger partial charge in [-0.15, -0.1) is 0 Å². The first-order valence-electron chi connectivity index (χ1n) is 5.92. The number of hydrogen-bond acceptors (Lipinski definition) is 2. The Kier molecular flexibility index (Phi) is 3.59. The van der Waals surface area contributed by atoms with Crippen molar-refractivity contribution in [2.75, 3.05) is 20.6 Å². The molecule has 0 aliphatic rings. The van der Waals surface area contributed by atoms with E-state index in [9.17, 15) is 4.79 Å². The van der Waals surface area contributed by atoms with Gasteiger partial charge >= 0.3 is 0 Å². The molecular weight excluding hydrogens is 212 g/mol. The van der Waals surface area contributed by atoms with E-state index in [-0.39, 0.29) is 5.56 Å². The second kappa shape index (κ2) is 5.15. The van der Waals surface area contributed by atoms with Crippen molar-refractivity contribution in [1.82, 2.24) is 9.88 Å². The van der Waals surface area contributed by atoms with Gasteiger partial charge in [0.1, 0.15) is 0 Å². The predicted molar refractivity (Wildman–Crippen MR) is 71.4 cm³/mol. The van der Waals surface area contributed by atoms with Crippen LogP contribution in [0.4, 0.5) is 0 Å². The zero-order valence-electron chi connectivity index (χ0n) is 10.4. The largest absolute Gasteiger partial charge is 0.329 e. The number of hydrogen-bond donors (Lipinski definition) is 1. The molecule has 3 heteroatoms. The van der Waals surface area contributed by atoms with E-state index in [1.165, 1.54) is 5.56 Å². The average molecular weight is 230 g/mol. The Labute approximate surface area is 101 Å². The minimum absolute atomic E-state index is 0.00282. The summed E-state index contributed by atoms with van der Waals surface area (Å²) in [4.78, 5) is 16.5. The quantitative estimate of drug-likeness (QED) is 0.872. The molecule has 0 spiro atoms. The molecule has 0 radical (unpaired) electrons. The molecule has 1 heterocycles. The number of fused-ring (bicyclic) bond motifs is 1. The molecule has 1 aromatic heterocycles. The highest BCUT2D eigenvalue weighted by Gasteiger charge is 2.00. The van der Waals surface area contributed by atoms with Gasteiger partial charge in [-0.3, -0.25) is 4.79 Å². The summed E-state index contributed by atoms with van der Waals surface area (Å²) in [5, 5.41) is 1.79. The average Bonchev–Trinajstić information content (AvgIpc) is 2.30. The molecule has 0 unspecified atom stereocenters. The minimum atomic E-state index is -0.00282. The third-order valence-corrected chi connectivity index (χ3v) is 2.91. The maximum absolute atomic E-state index is 11.6. The maximum Gasteiger partial charge on any atom is 0.255 e. The number of aromatic amines is 1. The monoisotopic (exact) mass is 230 g/mol. The highest BCUT2D eigenvalue weighted by Crippen LogP contribution is 2.12. The summed E-state index contributed by atoms with van der Waals surface area (Å²) < 4.78 is 0. The second-order valence-corrected chi connectivity index (χ2v) is 4.64. The summed E-state index contributed by atoms with van der Waals surface area (Å²) in [6.45, 7) is 1.07. The van der Waals surface area contributed by atoms with Gasteiger partial charge in [0, 0.05) is 11.6 Å². The number of rotatable bonds is 4. The van der Waals surface area contributed by atoms with Crippen LogP contribution in [0.5, 0.6) is 0 Å². The van der Waals surface area contributed by atoms with Crippen molar-refractivity contribution in [2.45, 2.75) is 12.8 Å². The number of pyridine rings is 1. The fraction of sp³-hybridized carbons (Fsp3) is 0.357. The molecule has 17 heavy (non-hydrogen) atoms. The van der Waals surface area contributed by atoms with E-state index in [0.717, 1.165) is 30.2 Å². The molecule has 90 valence electrons. The van der Waals surface area contributed by atoms with Crippen molar-refractivity contribution >= 4 is 10.8 Å². The lowest BCUT2D eigenvalue weighted by molar-refractivity contribution is 0.400. The molecule has 2 aromatic rings. The summed E-state index contributed by atoms with van der Waals surface area (Å²) in [6.07, 6.45) is 3.82. The van der Waals surface area contributed by atoms with Crippen LogP contribution in [0.2, 0.25) is 0 Å². The molecule has 0 bridgehead atoms. The van der Waals surface area contributed by atoms with Gasteiger partial charge in [0.15, 0.2) is 0 Å². The van der Waals surface area contributed by atoms with Crippen LogP contribution >= 0.6 is 0 Å². The minimum Gasteiger partial charge on any atom is -0.329 e. The van der Waals surface area contributed by atoms with Gasteiger partial charge in [-0.1, -0.05) is 12.1 Å². The van der Waals surface area contributed by atoms with E-state index < -0.39 is 0 Å². The van der Waals surface area contributed by atoms with Crippen LogP contribution in [0.3, 0.4) is 0 Å². The lowest BCUT2D eigenvalue weighted by atomic mass is 10.1. The van der Waals surface area contributed by atoms with Gasteiger partial charge < -0.3 is 9.88 Å². The first kappa shape index (κ1) is 11.9. The molecule has 0 aliphatic heterocycles. The molecule has 0 saturated carbocycles. The lowest BCUT2D eigenvalue weighted by Crippen LogP contribution is -2.13. The SMILES string of the molecule is CN(C)CCCc1ccc2cc[nH]c(=O)c2c1. The highest BCUT2D eigenvalue weighted by atomic mass is 16.1. The maximum atomic E-state index is 11.6. The molecule has 0 saturated heterocycles. The first-order chi connectivity index (χ1) is 8.16. The molecule has 1 N–H and O–H groups in total. The smallest absolute Gasteiger partial charge is 0.255 e. The lowest BCUT2D eigenvalue weighted by Gasteiger charge is -2.09. The summed E-state index contributed by atoms with van der Waals surface area (Å²) in [7, 11) is 4.15. The zero-order valence-corrected chi connectivity index (χ0v) is 10.4. The molecular formula is C14H18N2O. The van der Waals surface area contributed by atoms with Crippen molar-refractivity contribution in [2.24, 2.45) is 0 Å². The van der Waals surface area contributed by atoms with Crippen molar-refractivity contribution in [3.63, 3.8) is 0 Å². The number of aromatic nitrogens is 1. The fourth-order valence-corrected chi connectivity index (χ4v) is 1.99. The van der Waals surface area contributed by atoms with Gasteiger partial charge in [0.2, 0.25) is 0 Å². The number of nitrogens with one attached hydrogen (secondary N) is 1. The molecule has 3 nitrogen and oxygen atoms in total. The topological polar surface area (TPSA) is 36.1 Å². The molecule has 0 amide bonds. The molecule has 1 aromatic carbocycles. The molecule has 0 atom stereocenters. The standard InChI is InChI=1S/C14H18N2O/c1-16(2)9-3-4-11-5-6-12-7-8-15-14(17)13(12)10-11/h5-8,10H,3-4,9H2,1-2H3,(H,15,17). The van der Waals surface area contributed by atoms with Gasteiger partial charge in [-0.2, -0.15) is 0 Å². The van der Waals surface area contributed by atoms with Crippen molar-refractivity contribution in [1.29, 1.82) is 0 Å². The van der Waals surface area contributed by atoms with E-state index in [0.29, 0.717) is 0 Å². The molecule has 0 aliphatic carbocycles. The van der Waals surface area contributed by atoms with E-state index in [4.69, 9.17) is 0 Å². The Hall–Kier alpha value is -1.61. The number of benzene rings is 1. The fourth-order valence-electron chi connectivity index (χ4n) is 1.99. The van der Waals surface area contributed by atoms with Gasteiger partial charge in [0.25, 0.3) is 5.56 Å². The third-order valence-electron chi connectivity index (χ3n) is 2.91. The van der Waals surface area contributed by atoms with Crippen molar-refractivity contribution < 1.29 is 0 Å². The Morgan fingerprint density at radius 3 is 2.82 bits per heavy atom. The predicted octanol–water partition coefficient (Wildman–Crippen LogP) is 2.02. The Morgan fingerprint density at radius 1 is 1.24 bits per heavy atom. The van der Waals surface area contributed by atoms with Crippen molar-refractivity contribution in [3.05, 3.63) is 46.4 Å². The van der Waals surface area contributed by atoms with Gasteiger partial charge in [-0.05, 0) is 56.6 Å². The van der Waals surface area contributed by atoms with Crippen LogP contribution in [-0.4, -0.2) is 30.5 Å². The van der Waals surface area contributed by atoms with Crippen LogP contribution in [0, 0.1) is 0 Å². The highest BCUT2D eigenvalue weighted by molar-refractivity contribution is 5.81. The van der Waals surface area contributed by atoms with Crippen molar-refractivity contribution in [3.8, 4) is 0 Å². The van der Waals surface area contributed by atoms with Gasteiger partial charge in [-0.25, -0.2) is 0 Å². The van der Waals surface area contributed by atoms with E-state index in [1.807, 2.05) is 18.2 Å². The summed E-state index contributed by atoms with van der Waals surface area (Å²) >= 11 is 0. The van der Waals surface area contributed by atoms with E-state index in [2.05, 4.69) is 30.0 Å².